The lowest BCUT2D eigenvalue weighted by Crippen LogP contribution is -2.20. The van der Waals surface area contributed by atoms with E-state index in [2.05, 4.69) is 27.7 Å². The second kappa shape index (κ2) is 9.09. The van der Waals surface area contributed by atoms with E-state index in [9.17, 15) is 4.39 Å². The van der Waals surface area contributed by atoms with Crippen LogP contribution in [0.3, 0.4) is 0 Å². The topological polar surface area (TPSA) is 34.0 Å². The van der Waals surface area contributed by atoms with Crippen LogP contribution in [0.15, 0.2) is 79.3 Å². The van der Waals surface area contributed by atoms with E-state index in [0.717, 1.165) is 41.3 Å². The highest BCUT2D eigenvalue weighted by Gasteiger charge is 2.12. The van der Waals surface area contributed by atoms with Gasteiger partial charge in [0.15, 0.2) is 0 Å². The Hall–Kier alpha value is -3.18. The Morgan fingerprint density at radius 2 is 1.67 bits per heavy atom. The van der Waals surface area contributed by atoms with Crippen LogP contribution in [-0.2, 0) is 13.0 Å². The maximum Gasteiger partial charge on any atom is 0.140 e. The second-order valence-corrected chi connectivity index (χ2v) is 7.63. The summed E-state index contributed by atoms with van der Waals surface area (Å²) in [5.41, 5.74) is 4.12. The molecule has 0 spiro atoms. The third kappa shape index (κ3) is 4.86. The first-order valence-electron chi connectivity index (χ1n) is 9.76. The summed E-state index contributed by atoms with van der Waals surface area (Å²) in [5, 5.41) is 0.711. The summed E-state index contributed by atoms with van der Waals surface area (Å²) in [6, 6.07) is 18.2. The van der Waals surface area contributed by atoms with Gasteiger partial charge in [-0.1, -0.05) is 23.7 Å². The van der Waals surface area contributed by atoms with Gasteiger partial charge in [0.1, 0.15) is 11.6 Å². The summed E-state index contributed by atoms with van der Waals surface area (Å²) >= 11 is 6.02. The van der Waals surface area contributed by atoms with Gasteiger partial charge in [0.25, 0.3) is 0 Å². The normalized spacial score (nSPS) is 10.9. The Kier molecular flexibility index (Phi) is 6.10. The number of likely N-dealkylation sites (N-methyl/N-ethyl adjacent to an activating group) is 1. The molecule has 0 radical (unpaired) electrons. The number of hydrogen-bond acceptors (Lipinski definition) is 3. The van der Waals surface area contributed by atoms with E-state index in [1.807, 2.05) is 36.4 Å². The number of pyridine rings is 1. The molecule has 0 saturated heterocycles. The molecule has 4 rings (SSSR count). The largest absolute Gasteiger partial charge is 0.374 e. The lowest BCUT2D eigenvalue weighted by molar-refractivity contribution is 0.628. The number of imidazole rings is 1. The van der Waals surface area contributed by atoms with E-state index in [1.165, 1.54) is 12.1 Å². The third-order valence-electron chi connectivity index (χ3n) is 5.00. The molecule has 4 aromatic rings. The average molecular weight is 421 g/mol. The van der Waals surface area contributed by atoms with Crippen LogP contribution in [0.5, 0.6) is 0 Å². The van der Waals surface area contributed by atoms with Crippen molar-refractivity contribution in [3.63, 3.8) is 0 Å². The van der Waals surface area contributed by atoms with E-state index >= 15 is 0 Å². The highest BCUT2D eigenvalue weighted by Crippen LogP contribution is 2.22. The Balaban J connectivity index is 1.58. The molecule has 2 aromatic heterocycles. The average Bonchev–Trinajstić information content (AvgIpc) is 3.17. The summed E-state index contributed by atoms with van der Waals surface area (Å²) in [5.74, 6) is 0.570. The lowest BCUT2D eigenvalue weighted by atomic mass is 10.2. The van der Waals surface area contributed by atoms with Crippen LogP contribution in [0, 0.1) is 5.82 Å². The molecule has 0 bridgehead atoms. The van der Waals surface area contributed by atoms with Crippen LogP contribution in [0.4, 0.5) is 10.1 Å². The number of nitrogens with zero attached hydrogens (tertiary/aromatic N) is 4. The maximum atomic E-state index is 13.4. The van der Waals surface area contributed by atoms with E-state index in [0.29, 0.717) is 11.6 Å². The van der Waals surface area contributed by atoms with E-state index < -0.39 is 0 Å². The van der Waals surface area contributed by atoms with Crippen molar-refractivity contribution in [2.75, 3.05) is 18.5 Å². The summed E-state index contributed by atoms with van der Waals surface area (Å²) in [7, 11) is 2.06. The molecule has 0 unspecified atom stereocenters. The second-order valence-electron chi connectivity index (χ2n) is 7.19. The minimum Gasteiger partial charge on any atom is -0.374 e. The molecule has 0 aliphatic carbocycles. The highest BCUT2D eigenvalue weighted by molar-refractivity contribution is 6.30. The van der Waals surface area contributed by atoms with Gasteiger partial charge < -0.3 is 9.47 Å². The monoisotopic (exact) mass is 420 g/mol. The van der Waals surface area contributed by atoms with E-state index in [1.54, 1.807) is 24.5 Å². The van der Waals surface area contributed by atoms with Crippen molar-refractivity contribution < 1.29 is 4.39 Å². The number of aromatic nitrogens is 3. The Bertz CT molecular complexity index is 1090. The Morgan fingerprint density at radius 3 is 2.37 bits per heavy atom. The van der Waals surface area contributed by atoms with Crippen molar-refractivity contribution in [1.82, 2.24) is 14.5 Å². The predicted molar refractivity (Wildman–Crippen MR) is 119 cm³/mol. The molecule has 6 heteroatoms. The maximum absolute atomic E-state index is 13.4. The zero-order valence-corrected chi connectivity index (χ0v) is 17.4. The molecule has 0 saturated carbocycles. The van der Waals surface area contributed by atoms with E-state index in [4.69, 9.17) is 16.6 Å². The molecule has 0 amide bonds. The summed E-state index contributed by atoms with van der Waals surface area (Å²) < 4.78 is 15.5. The predicted octanol–water partition coefficient (Wildman–Crippen LogP) is 5.46. The molecule has 0 atom stereocenters. The zero-order chi connectivity index (χ0) is 20.9. The molecule has 30 heavy (non-hydrogen) atoms. The van der Waals surface area contributed by atoms with Crippen molar-refractivity contribution in [1.29, 1.82) is 0 Å². The van der Waals surface area contributed by atoms with Crippen LogP contribution in [0.25, 0.3) is 11.4 Å². The molecule has 0 N–H and O–H groups in total. The fraction of sp³-hybridized carbons (Fsp3) is 0.167. The van der Waals surface area contributed by atoms with Gasteiger partial charge >= 0.3 is 0 Å². The standard InChI is InChI=1S/C24H22ClFN4/c1-29(23-10-13-27-14-11-23)15-12-22-17-30(16-18-2-6-20(25)7-3-18)24(28-22)19-4-8-21(26)9-5-19/h2-11,13-14,17H,12,15-16H2,1H3. The summed E-state index contributed by atoms with van der Waals surface area (Å²) in [6.07, 6.45) is 6.45. The number of benzene rings is 2. The van der Waals surface area contributed by atoms with Gasteiger partial charge in [0.05, 0.1) is 5.69 Å². The van der Waals surface area contributed by atoms with Gasteiger partial charge in [-0.25, -0.2) is 9.37 Å². The van der Waals surface area contributed by atoms with Crippen molar-refractivity contribution in [3.8, 4) is 11.4 Å². The molecule has 2 aromatic carbocycles. The fourth-order valence-electron chi connectivity index (χ4n) is 3.34. The van der Waals surface area contributed by atoms with Gasteiger partial charge in [-0.2, -0.15) is 0 Å². The van der Waals surface area contributed by atoms with Crippen LogP contribution in [0.2, 0.25) is 5.02 Å². The van der Waals surface area contributed by atoms with Crippen molar-refractivity contribution in [2.24, 2.45) is 0 Å². The first-order valence-corrected chi connectivity index (χ1v) is 10.1. The van der Waals surface area contributed by atoms with Gasteiger partial charge in [-0.15, -0.1) is 0 Å². The zero-order valence-electron chi connectivity index (χ0n) is 16.7. The van der Waals surface area contributed by atoms with Gasteiger partial charge in [-0.05, 0) is 54.1 Å². The van der Waals surface area contributed by atoms with Crippen molar-refractivity contribution in [2.45, 2.75) is 13.0 Å². The van der Waals surface area contributed by atoms with Crippen molar-refractivity contribution in [3.05, 3.63) is 101 Å². The first kappa shape index (κ1) is 20.1. The smallest absolute Gasteiger partial charge is 0.140 e. The van der Waals surface area contributed by atoms with Gasteiger partial charge in [0, 0.05) is 61.4 Å². The summed E-state index contributed by atoms with van der Waals surface area (Å²) in [4.78, 5) is 11.1. The number of hydrogen-bond donors (Lipinski definition) is 0. The molecule has 4 nitrogen and oxygen atoms in total. The molecular formula is C24H22ClFN4. The van der Waals surface area contributed by atoms with Crippen LogP contribution in [-0.4, -0.2) is 28.1 Å². The number of anilines is 1. The van der Waals surface area contributed by atoms with Crippen molar-refractivity contribution >= 4 is 17.3 Å². The molecule has 0 aliphatic heterocycles. The molecule has 152 valence electrons. The minimum absolute atomic E-state index is 0.256. The van der Waals surface area contributed by atoms with Gasteiger partial charge in [-0.3, -0.25) is 4.98 Å². The summed E-state index contributed by atoms with van der Waals surface area (Å²) in [6.45, 7) is 1.49. The lowest BCUT2D eigenvalue weighted by Gasteiger charge is -2.18. The molecular weight excluding hydrogens is 399 g/mol. The van der Waals surface area contributed by atoms with Crippen LogP contribution >= 0.6 is 11.6 Å². The molecule has 0 fully saturated rings. The molecule has 0 aliphatic rings. The van der Waals surface area contributed by atoms with Crippen LogP contribution in [0.1, 0.15) is 11.3 Å². The number of halogens is 2. The Labute approximate surface area is 180 Å². The Morgan fingerprint density at radius 1 is 0.967 bits per heavy atom. The van der Waals surface area contributed by atoms with Crippen LogP contribution < -0.4 is 4.90 Å². The molecule has 2 heterocycles. The highest BCUT2D eigenvalue weighted by atomic mass is 35.5. The number of rotatable bonds is 7. The SMILES string of the molecule is CN(CCc1cn(Cc2ccc(Cl)cc2)c(-c2ccc(F)cc2)n1)c1ccncc1. The van der Waals surface area contributed by atoms with Gasteiger partial charge in [0.2, 0.25) is 0 Å². The fourth-order valence-corrected chi connectivity index (χ4v) is 3.46. The first-order chi connectivity index (χ1) is 14.6. The van der Waals surface area contributed by atoms with E-state index in [-0.39, 0.29) is 5.82 Å². The quantitative estimate of drug-likeness (QED) is 0.398. The third-order valence-corrected chi connectivity index (χ3v) is 5.25. The minimum atomic E-state index is -0.256.